The van der Waals surface area contributed by atoms with Crippen molar-refractivity contribution in [1.29, 1.82) is 0 Å². The number of nitrogens with zero attached hydrogens (tertiary/aromatic N) is 3. The monoisotopic (exact) mass is 217 g/mol. The zero-order valence-electron chi connectivity index (χ0n) is 9.04. The molecule has 0 amide bonds. The number of hydrogen-bond acceptors (Lipinski definition) is 4. The van der Waals surface area contributed by atoms with Gasteiger partial charge in [0.2, 0.25) is 0 Å². The van der Waals surface area contributed by atoms with Crippen LogP contribution in [0.5, 0.6) is 6.01 Å². The van der Waals surface area contributed by atoms with Crippen molar-refractivity contribution in [2.75, 3.05) is 7.11 Å². The molecule has 1 aromatic heterocycles. The number of ether oxygens (including phenoxy) is 1. The zero-order valence-corrected chi connectivity index (χ0v) is 9.04. The molecule has 0 atom stereocenters. The lowest BCUT2D eigenvalue weighted by atomic mass is 10.2. The molecule has 0 aliphatic rings. The molecule has 0 bridgehead atoms. The first kappa shape index (κ1) is 10.4. The van der Waals surface area contributed by atoms with Crippen molar-refractivity contribution in [3.63, 3.8) is 0 Å². The third kappa shape index (κ3) is 1.67. The third-order valence-electron chi connectivity index (χ3n) is 2.26. The Morgan fingerprint density at radius 3 is 2.50 bits per heavy atom. The van der Waals surface area contributed by atoms with E-state index >= 15 is 0 Å². The van der Waals surface area contributed by atoms with Gasteiger partial charge in [0, 0.05) is 12.6 Å². The van der Waals surface area contributed by atoms with Gasteiger partial charge in [-0.15, -0.1) is 5.10 Å². The maximum absolute atomic E-state index is 11.9. The molecule has 0 unspecified atom stereocenters. The largest absolute Gasteiger partial charge is 0.467 e. The minimum absolute atomic E-state index is 0.199. The summed E-state index contributed by atoms with van der Waals surface area (Å²) >= 11 is 0. The molecule has 0 aliphatic heterocycles. The lowest BCUT2D eigenvalue weighted by molar-refractivity contribution is 0.350. The van der Waals surface area contributed by atoms with Crippen molar-refractivity contribution in [2.45, 2.75) is 0 Å². The standard InChI is InChI=1S/C11H11N3O2/c1-14-10(15)9(12-13-11(14)16-2)8-6-4-3-5-7-8/h3-7H,1-2H3. The van der Waals surface area contributed by atoms with Gasteiger partial charge in [0.25, 0.3) is 5.56 Å². The van der Waals surface area contributed by atoms with E-state index in [-0.39, 0.29) is 11.6 Å². The summed E-state index contributed by atoms with van der Waals surface area (Å²) in [7, 11) is 3.05. The lowest BCUT2D eigenvalue weighted by Crippen LogP contribution is -2.23. The fourth-order valence-corrected chi connectivity index (χ4v) is 1.40. The molecule has 1 aromatic carbocycles. The summed E-state index contributed by atoms with van der Waals surface area (Å²) in [5, 5.41) is 7.70. The summed E-state index contributed by atoms with van der Waals surface area (Å²) in [4.78, 5) is 11.9. The summed E-state index contributed by atoms with van der Waals surface area (Å²) in [5.74, 6) is 0. The van der Waals surface area contributed by atoms with E-state index < -0.39 is 0 Å². The number of hydrogen-bond donors (Lipinski definition) is 0. The summed E-state index contributed by atoms with van der Waals surface area (Å²) < 4.78 is 6.23. The van der Waals surface area contributed by atoms with E-state index in [9.17, 15) is 4.79 Å². The minimum atomic E-state index is -0.224. The van der Waals surface area contributed by atoms with Gasteiger partial charge in [-0.1, -0.05) is 35.4 Å². The third-order valence-corrected chi connectivity index (χ3v) is 2.26. The topological polar surface area (TPSA) is 57.0 Å². The Labute approximate surface area is 92.3 Å². The fourth-order valence-electron chi connectivity index (χ4n) is 1.40. The van der Waals surface area contributed by atoms with E-state index in [4.69, 9.17) is 4.74 Å². The molecule has 16 heavy (non-hydrogen) atoms. The molecule has 5 nitrogen and oxygen atoms in total. The van der Waals surface area contributed by atoms with Crippen molar-refractivity contribution in [3.05, 3.63) is 40.7 Å². The molecule has 0 N–H and O–H groups in total. The van der Waals surface area contributed by atoms with Crippen LogP contribution in [0.25, 0.3) is 11.3 Å². The summed E-state index contributed by atoms with van der Waals surface area (Å²) in [6.07, 6.45) is 0. The van der Waals surface area contributed by atoms with Crippen molar-refractivity contribution in [1.82, 2.24) is 14.8 Å². The molecule has 0 saturated carbocycles. The quantitative estimate of drug-likeness (QED) is 0.748. The van der Waals surface area contributed by atoms with Crippen LogP contribution in [0.1, 0.15) is 0 Å². The van der Waals surface area contributed by atoms with E-state index in [0.29, 0.717) is 5.69 Å². The van der Waals surface area contributed by atoms with Gasteiger partial charge < -0.3 is 4.74 Å². The molecule has 82 valence electrons. The molecule has 0 radical (unpaired) electrons. The maximum Gasteiger partial charge on any atom is 0.317 e. The Hall–Kier alpha value is -2.17. The number of benzene rings is 1. The Morgan fingerprint density at radius 1 is 1.19 bits per heavy atom. The van der Waals surface area contributed by atoms with Crippen LogP contribution >= 0.6 is 0 Å². The average molecular weight is 217 g/mol. The number of aromatic nitrogens is 3. The smallest absolute Gasteiger partial charge is 0.317 e. The molecule has 1 heterocycles. The first-order chi connectivity index (χ1) is 7.74. The van der Waals surface area contributed by atoms with E-state index in [1.165, 1.54) is 11.7 Å². The van der Waals surface area contributed by atoms with Crippen molar-refractivity contribution >= 4 is 0 Å². The van der Waals surface area contributed by atoms with Crippen molar-refractivity contribution in [3.8, 4) is 17.3 Å². The highest BCUT2D eigenvalue weighted by atomic mass is 16.5. The minimum Gasteiger partial charge on any atom is -0.467 e. The van der Waals surface area contributed by atoms with Gasteiger partial charge in [-0.2, -0.15) is 0 Å². The maximum atomic E-state index is 11.9. The average Bonchev–Trinajstić information content (AvgIpc) is 2.34. The van der Waals surface area contributed by atoms with Crippen LogP contribution in [0.2, 0.25) is 0 Å². The molecule has 2 rings (SSSR count). The Bertz CT molecular complexity index is 549. The second kappa shape index (κ2) is 4.14. The first-order valence-electron chi connectivity index (χ1n) is 4.77. The molecular formula is C11H11N3O2. The highest BCUT2D eigenvalue weighted by Crippen LogP contribution is 2.12. The number of methoxy groups -OCH3 is 1. The van der Waals surface area contributed by atoms with Crippen LogP contribution < -0.4 is 10.3 Å². The second-order valence-corrected chi connectivity index (χ2v) is 3.27. The Kier molecular flexibility index (Phi) is 2.68. The summed E-state index contributed by atoms with van der Waals surface area (Å²) in [6, 6.07) is 9.41. The van der Waals surface area contributed by atoms with Gasteiger partial charge >= 0.3 is 6.01 Å². The SMILES string of the molecule is COc1nnc(-c2ccccc2)c(=O)n1C. The molecule has 0 spiro atoms. The molecule has 2 aromatic rings. The summed E-state index contributed by atoms with van der Waals surface area (Å²) in [5.41, 5.74) is 0.847. The fraction of sp³-hybridized carbons (Fsp3) is 0.182. The van der Waals surface area contributed by atoms with Gasteiger partial charge in [-0.3, -0.25) is 9.36 Å². The van der Waals surface area contributed by atoms with Crippen LogP contribution in [-0.4, -0.2) is 21.9 Å². The molecular weight excluding hydrogens is 206 g/mol. The second-order valence-electron chi connectivity index (χ2n) is 3.27. The summed E-state index contributed by atoms with van der Waals surface area (Å²) in [6.45, 7) is 0. The highest BCUT2D eigenvalue weighted by Gasteiger charge is 2.10. The first-order valence-corrected chi connectivity index (χ1v) is 4.77. The molecule has 0 saturated heterocycles. The normalized spacial score (nSPS) is 10.1. The lowest BCUT2D eigenvalue weighted by Gasteiger charge is -2.05. The molecule has 5 heteroatoms. The van der Waals surface area contributed by atoms with Gasteiger partial charge in [-0.05, 0) is 0 Å². The van der Waals surface area contributed by atoms with Gasteiger partial charge in [-0.25, -0.2) is 0 Å². The molecule has 0 fully saturated rings. The number of rotatable bonds is 2. The predicted octanol–water partition coefficient (Wildman–Crippen LogP) is 0.851. The van der Waals surface area contributed by atoms with Crippen LogP contribution in [0, 0.1) is 0 Å². The Balaban J connectivity index is 2.61. The van der Waals surface area contributed by atoms with Crippen LogP contribution in [0.4, 0.5) is 0 Å². The van der Waals surface area contributed by atoms with Crippen LogP contribution in [-0.2, 0) is 7.05 Å². The van der Waals surface area contributed by atoms with Gasteiger partial charge in [0.15, 0.2) is 5.69 Å². The highest BCUT2D eigenvalue weighted by molar-refractivity contribution is 5.57. The van der Waals surface area contributed by atoms with Crippen molar-refractivity contribution < 1.29 is 4.74 Å². The van der Waals surface area contributed by atoms with E-state index in [0.717, 1.165) is 5.56 Å². The van der Waals surface area contributed by atoms with E-state index in [1.807, 2.05) is 30.3 Å². The van der Waals surface area contributed by atoms with Crippen LogP contribution in [0.3, 0.4) is 0 Å². The van der Waals surface area contributed by atoms with Crippen LogP contribution in [0.15, 0.2) is 35.1 Å². The van der Waals surface area contributed by atoms with Gasteiger partial charge in [0.05, 0.1) is 7.11 Å². The Morgan fingerprint density at radius 2 is 1.88 bits per heavy atom. The van der Waals surface area contributed by atoms with Gasteiger partial charge in [0.1, 0.15) is 0 Å². The van der Waals surface area contributed by atoms with E-state index in [2.05, 4.69) is 10.2 Å². The zero-order chi connectivity index (χ0) is 11.5. The predicted molar refractivity (Wildman–Crippen MR) is 59.3 cm³/mol. The molecule has 0 aliphatic carbocycles. The van der Waals surface area contributed by atoms with E-state index in [1.54, 1.807) is 7.05 Å². The van der Waals surface area contributed by atoms with Crippen molar-refractivity contribution in [2.24, 2.45) is 7.05 Å².